The molecule has 1 aromatic carbocycles. The van der Waals surface area contributed by atoms with E-state index in [9.17, 15) is 9.59 Å². The number of hydrogen-bond donors (Lipinski definition) is 1. The van der Waals surface area contributed by atoms with Gasteiger partial charge in [-0.1, -0.05) is 38.2 Å². The van der Waals surface area contributed by atoms with E-state index in [4.69, 9.17) is 0 Å². The van der Waals surface area contributed by atoms with Gasteiger partial charge in [-0.15, -0.1) is 0 Å². The van der Waals surface area contributed by atoms with Crippen LogP contribution in [0.1, 0.15) is 26.3 Å². The molecular formula is C20H21N5O2S. The van der Waals surface area contributed by atoms with Crippen molar-refractivity contribution in [1.29, 1.82) is 0 Å². The Morgan fingerprint density at radius 1 is 1.21 bits per heavy atom. The molecule has 0 atom stereocenters. The summed E-state index contributed by atoms with van der Waals surface area (Å²) in [4.78, 5) is 33.6. The molecule has 4 aromatic rings. The van der Waals surface area contributed by atoms with Crippen LogP contribution in [-0.4, -0.2) is 25.0 Å². The van der Waals surface area contributed by atoms with Gasteiger partial charge in [-0.2, -0.15) is 0 Å². The molecular weight excluding hydrogens is 374 g/mol. The predicted molar refractivity (Wildman–Crippen MR) is 112 cm³/mol. The second-order valence-corrected chi connectivity index (χ2v) is 8.87. The predicted octanol–water partition coefficient (Wildman–Crippen LogP) is 3.28. The summed E-state index contributed by atoms with van der Waals surface area (Å²) in [5, 5.41) is 3.38. The van der Waals surface area contributed by atoms with E-state index in [1.165, 1.54) is 27.8 Å². The Labute approximate surface area is 165 Å². The minimum absolute atomic E-state index is 0.00107. The van der Waals surface area contributed by atoms with Gasteiger partial charge in [0, 0.05) is 13.2 Å². The molecule has 0 spiro atoms. The molecule has 28 heavy (non-hydrogen) atoms. The summed E-state index contributed by atoms with van der Waals surface area (Å²) < 4.78 is 4.07. The van der Waals surface area contributed by atoms with Crippen LogP contribution in [0.25, 0.3) is 21.3 Å². The first-order valence-corrected chi connectivity index (χ1v) is 9.75. The summed E-state index contributed by atoms with van der Waals surface area (Å²) in [6, 6.07) is 7.93. The van der Waals surface area contributed by atoms with Crippen molar-refractivity contribution in [3.05, 3.63) is 52.7 Å². The third kappa shape index (κ3) is 3.31. The first-order valence-electron chi connectivity index (χ1n) is 8.94. The standard InChI is InChI=1S/C20H21N5O2S/c1-20(2,3)12-5-6-13-15(9-12)28-19(22-13)23-16(26)10-25-11-21-14-7-8-24(4)18(27)17(14)25/h5-9,11H,10H2,1-4H3,(H,22,23,26). The van der Waals surface area contributed by atoms with E-state index >= 15 is 0 Å². The largest absolute Gasteiger partial charge is 0.317 e. The zero-order valence-electron chi connectivity index (χ0n) is 16.2. The highest BCUT2D eigenvalue weighted by atomic mass is 32.1. The lowest BCUT2D eigenvalue weighted by Gasteiger charge is -2.18. The van der Waals surface area contributed by atoms with Crippen LogP contribution in [0.4, 0.5) is 5.13 Å². The van der Waals surface area contributed by atoms with Gasteiger partial charge in [0.05, 0.1) is 22.1 Å². The molecule has 4 rings (SSSR count). The number of imidazole rings is 1. The highest BCUT2D eigenvalue weighted by Crippen LogP contribution is 2.31. The van der Waals surface area contributed by atoms with Crippen molar-refractivity contribution in [2.45, 2.75) is 32.7 Å². The quantitative estimate of drug-likeness (QED) is 0.577. The molecule has 7 nitrogen and oxygen atoms in total. The van der Waals surface area contributed by atoms with Gasteiger partial charge in [0.2, 0.25) is 5.91 Å². The normalized spacial score (nSPS) is 12.0. The molecule has 0 unspecified atom stereocenters. The van der Waals surface area contributed by atoms with Crippen LogP contribution in [0.5, 0.6) is 0 Å². The van der Waals surface area contributed by atoms with Crippen LogP contribution in [0, 0.1) is 0 Å². The van der Waals surface area contributed by atoms with Gasteiger partial charge in [0.15, 0.2) is 5.13 Å². The van der Waals surface area contributed by atoms with E-state index in [-0.39, 0.29) is 23.4 Å². The van der Waals surface area contributed by atoms with Gasteiger partial charge in [-0.25, -0.2) is 9.97 Å². The fourth-order valence-corrected chi connectivity index (χ4v) is 3.97. The Kier molecular flexibility index (Phi) is 4.30. The molecule has 0 bridgehead atoms. The van der Waals surface area contributed by atoms with E-state index in [0.717, 1.165) is 10.2 Å². The molecule has 0 radical (unpaired) electrons. The van der Waals surface area contributed by atoms with Gasteiger partial charge in [-0.3, -0.25) is 9.59 Å². The number of aromatic nitrogens is 4. The Bertz CT molecular complexity index is 1260. The van der Waals surface area contributed by atoms with Crippen molar-refractivity contribution >= 4 is 43.6 Å². The van der Waals surface area contributed by atoms with Crippen molar-refractivity contribution < 1.29 is 4.79 Å². The Morgan fingerprint density at radius 3 is 2.75 bits per heavy atom. The number of nitrogens with one attached hydrogen (secondary N) is 1. The van der Waals surface area contributed by atoms with Crippen molar-refractivity contribution in [3.63, 3.8) is 0 Å². The van der Waals surface area contributed by atoms with Crippen LogP contribution in [-0.2, 0) is 23.8 Å². The van der Waals surface area contributed by atoms with E-state index < -0.39 is 0 Å². The Balaban J connectivity index is 1.57. The second-order valence-electron chi connectivity index (χ2n) is 7.84. The average Bonchev–Trinajstić information content (AvgIpc) is 3.20. The fourth-order valence-electron chi connectivity index (χ4n) is 3.05. The summed E-state index contributed by atoms with van der Waals surface area (Å²) in [6.07, 6.45) is 3.18. The number of aryl methyl sites for hydroxylation is 1. The van der Waals surface area contributed by atoms with Crippen LogP contribution >= 0.6 is 11.3 Å². The maximum absolute atomic E-state index is 12.5. The number of nitrogens with zero attached hydrogens (tertiary/aromatic N) is 4. The number of hydrogen-bond acceptors (Lipinski definition) is 5. The van der Waals surface area contributed by atoms with Crippen molar-refractivity contribution in [1.82, 2.24) is 19.1 Å². The molecule has 1 N–H and O–H groups in total. The molecule has 8 heteroatoms. The molecule has 0 saturated heterocycles. The number of benzene rings is 1. The summed E-state index contributed by atoms with van der Waals surface area (Å²) >= 11 is 1.44. The van der Waals surface area contributed by atoms with E-state index in [0.29, 0.717) is 16.2 Å². The highest BCUT2D eigenvalue weighted by molar-refractivity contribution is 7.22. The van der Waals surface area contributed by atoms with Gasteiger partial charge in [-0.05, 0) is 29.2 Å². The number of carbonyl (C=O) groups is 1. The zero-order valence-corrected chi connectivity index (χ0v) is 17.0. The number of amides is 1. The van der Waals surface area contributed by atoms with Gasteiger partial charge < -0.3 is 14.5 Å². The molecule has 0 aliphatic rings. The van der Waals surface area contributed by atoms with Crippen LogP contribution < -0.4 is 10.9 Å². The number of thiazole rings is 1. The monoisotopic (exact) mass is 395 g/mol. The number of carbonyl (C=O) groups excluding carboxylic acids is 1. The summed E-state index contributed by atoms with van der Waals surface area (Å²) in [5.74, 6) is -0.250. The summed E-state index contributed by atoms with van der Waals surface area (Å²) in [6.45, 7) is 6.49. The minimum atomic E-state index is -0.250. The lowest BCUT2D eigenvalue weighted by molar-refractivity contribution is -0.116. The topological polar surface area (TPSA) is 81.8 Å². The number of rotatable bonds is 3. The fraction of sp³-hybridized carbons (Fsp3) is 0.300. The van der Waals surface area contributed by atoms with E-state index in [2.05, 4.69) is 48.2 Å². The Morgan fingerprint density at radius 2 is 2.00 bits per heavy atom. The molecule has 1 amide bonds. The van der Waals surface area contributed by atoms with Crippen LogP contribution in [0.2, 0.25) is 0 Å². The first-order chi connectivity index (χ1) is 13.2. The van der Waals surface area contributed by atoms with Crippen LogP contribution in [0.3, 0.4) is 0 Å². The third-order valence-electron chi connectivity index (χ3n) is 4.66. The lowest BCUT2D eigenvalue weighted by atomic mass is 9.87. The average molecular weight is 395 g/mol. The van der Waals surface area contributed by atoms with Gasteiger partial charge in [0.1, 0.15) is 12.1 Å². The SMILES string of the molecule is Cn1ccc2ncn(CC(=O)Nc3nc4ccc(C(C)(C)C)cc4s3)c2c1=O. The molecule has 0 saturated carbocycles. The minimum Gasteiger partial charge on any atom is -0.317 e. The lowest BCUT2D eigenvalue weighted by Crippen LogP contribution is -2.22. The van der Waals surface area contributed by atoms with E-state index in [1.807, 2.05) is 6.07 Å². The number of anilines is 1. The van der Waals surface area contributed by atoms with Gasteiger partial charge in [0.25, 0.3) is 5.56 Å². The summed E-state index contributed by atoms with van der Waals surface area (Å²) in [5.41, 5.74) is 2.94. The molecule has 0 fully saturated rings. The first kappa shape index (κ1) is 18.4. The zero-order chi connectivity index (χ0) is 20.1. The third-order valence-corrected chi connectivity index (χ3v) is 5.59. The number of pyridine rings is 1. The van der Waals surface area contributed by atoms with Crippen molar-refractivity contribution in [3.8, 4) is 0 Å². The molecule has 0 aliphatic carbocycles. The molecule has 3 aromatic heterocycles. The van der Waals surface area contributed by atoms with Gasteiger partial charge >= 0.3 is 0 Å². The second kappa shape index (κ2) is 6.56. The highest BCUT2D eigenvalue weighted by Gasteiger charge is 2.16. The van der Waals surface area contributed by atoms with Crippen molar-refractivity contribution in [2.75, 3.05) is 5.32 Å². The maximum Gasteiger partial charge on any atom is 0.276 e. The Hall–Kier alpha value is -3.00. The molecule has 144 valence electrons. The smallest absolute Gasteiger partial charge is 0.276 e. The van der Waals surface area contributed by atoms with Crippen molar-refractivity contribution in [2.24, 2.45) is 7.05 Å². The maximum atomic E-state index is 12.5. The summed E-state index contributed by atoms with van der Waals surface area (Å²) in [7, 11) is 1.67. The molecule has 3 heterocycles. The van der Waals surface area contributed by atoms with Crippen LogP contribution in [0.15, 0.2) is 41.6 Å². The molecule has 0 aliphatic heterocycles. The number of fused-ring (bicyclic) bond motifs is 2. The van der Waals surface area contributed by atoms with E-state index in [1.54, 1.807) is 23.9 Å².